The van der Waals surface area contributed by atoms with Crippen LogP contribution in [0, 0.1) is 23.0 Å². The normalized spacial score (nSPS) is 26.2. The zero-order chi connectivity index (χ0) is 36.0. The molecule has 8 nitrogen and oxygen atoms in total. The number of halogens is 8. The largest absolute Gasteiger partial charge is 0.461 e. The van der Waals surface area contributed by atoms with E-state index in [-0.39, 0.29) is 76.6 Å². The number of nitrogens with two attached hydrogens (primary N) is 1. The van der Waals surface area contributed by atoms with Crippen molar-refractivity contribution in [2.24, 2.45) is 0 Å². The van der Waals surface area contributed by atoms with E-state index in [1.54, 1.807) is 6.07 Å². The van der Waals surface area contributed by atoms with Gasteiger partial charge in [-0.3, -0.25) is 4.90 Å². The van der Waals surface area contributed by atoms with Crippen LogP contribution in [0.25, 0.3) is 32.1 Å². The van der Waals surface area contributed by atoms with Crippen LogP contribution in [0.2, 0.25) is 0 Å². The Labute approximate surface area is 289 Å². The molecule has 3 N–H and O–H groups in total. The van der Waals surface area contributed by atoms with Gasteiger partial charge in [-0.05, 0) is 49.9 Å². The Kier molecular flexibility index (Phi) is 7.89. The number of benzene rings is 2. The number of hydrogen-bond donors (Lipinski definition) is 2. The van der Waals surface area contributed by atoms with Crippen LogP contribution in [-0.2, 0) is 6.18 Å². The average Bonchev–Trinajstić information content (AvgIpc) is 3.78. The summed E-state index contributed by atoms with van der Waals surface area (Å²) >= 11 is 0.651. The lowest BCUT2D eigenvalue weighted by atomic mass is 9.92. The fourth-order valence-electron chi connectivity index (χ4n) is 8.58. The topological polar surface area (TPSA) is 103 Å². The van der Waals surface area contributed by atoms with Crippen molar-refractivity contribution in [1.29, 1.82) is 5.26 Å². The van der Waals surface area contributed by atoms with Gasteiger partial charge in [0, 0.05) is 54.5 Å². The van der Waals surface area contributed by atoms with Crippen LogP contribution in [0.5, 0.6) is 6.01 Å². The van der Waals surface area contributed by atoms with E-state index < -0.39 is 63.3 Å². The molecule has 4 aliphatic rings. The first kappa shape index (κ1) is 33.9. The van der Waals surface area contributed by atoms with E-state index in [9.17, 15) is 22.8 Å². The summed E-state index contributed by atoms with van der Waals surface area (Å²) in [7, 11) is 0. The number of fused-ring (bicyclic) bond motifs is 5. The Bertz CT molecular complexity index is 2160. The molecule has 2 bridgehead atoms. The summed E-state index contributed by atoms with van der Waals surface area (Å²) in [5.41, 5.74) is 0.319. The highest BCUT2D eigenvalue weighted by Crippen LogP contribution is 2.49. The van der Waals surface area contributed by atoms with Gasteiger partial charge >= 0.3 is 12.2 Å². The number of alkyl halides is 4. The van der Waals surface area contributed by atoms with Gasteiger partial charge in [-0.1, -0.05) is 6.07 Å². The van der Waals surface area contributed by atoms with Crippen molar-refractivity contribution in [1.82, 2.24) is 20.2 Å². The Hall–Kier alpha value is -4.27. The van der Waals surface area contributed by atoms with E-state index >= 15 is 17.6 Å². The molecule has 0 radical (unpaired) electrons. The fourth-order valence-corrected chi connectivity index (χ4v) is 9.53. The highest BCUT2D eigenvalue weighted by Gasteiger charge is 2.50. The molecule has 0 aliphatic carbocycles. The second kappa shape index (κ2) is 11.9. The number of nitriles is 1. The summed E-state index contributed by atoms with van der Waals surface area (Å²) in [6.07, 6.45) is -5.00. The minimum Gasteiger partial charge on any atom is -0.461 e. The van der Waals surface area contributed by atoms with Crippen LogP contribution in [0.1, 0.15) is 43.2 Å². The van der Waals surface area contributed by atoms with Gasteiger partial charge in [0.1, 0.15) is 41.0 Å². The molecule has 4 atom stereocenters. The lowest BCUT2D eigenvalue weighted by Crippen LogP contribution is -2.59. The predicted molar refractivity (Wildman–Crippen MR) is 174 cm³/mol. The third-order valence-corrected chi connectivity index (χ3v) is 11.7. The van der Waals surface area contributed by atoms with E-state index in [0.717, 1.165) is 24.6 Å². The molecule has 2 aromatic heterocycles. The third-order valence-electron chi connectivity index (χ3n) is 10.7. The van der Waals surface area contributed by atoms with Gasteiger partial charge in [0.05, 0.1) is 26.9 Å². The summed E-state index contributed by atoms with van der Waals surface area (Å²) < 4.78 is 125. The van der Waals surface area contributed by atoms with Crippen molar-refractivity contribution >= 4 is 43.1 Å². The minimum absolute atomic E-state index is 0.0737. The molecule has 0 saturated carbocycles. The number of nitrogens with one attached hydrogen (secondary N) is 1. The maximum absolute atomic E-state index is 17.1. The Morgan fingerprint density at radius 1 is 1.20 bits per heavy atom. The number of rotatable bonds is 6. The minimum atomic E-state index is -5.17. The van der Waals surface area contributed by atoms with Crippen molar-refractivity contribution in [2.45, 2.75) is 61.6 Å². The van der Waals surface area contributed by atoms with Gasteiger partial charge in [0.25, 0.3) is 6.08 Å². The van der Waals surface area contributed by atoms with Gasteiger partial charge in [-0.15, -0.1) is 11.3 Å². The zero-order valence-electron chi connectivity index (χ0n) is 26.7. The first-order chi connectivity index (χ1) is 24.2. The Morgan fingerprint density at radius 2 is 2.00 bits per heavy atom. The van der Waals surface area contributed by atoms with E-state index in [0.29, 0.717) is 43.2 Å². The second-order valence-electron chi connectivity index (χ2n) is 13.8. The molecule has 4 saturated heterocycles. The Balaban J connectivity index is 1.35. The SMILES string of the molecule is N#Cc1c(N)sc2c(F)ccc(-c3c(C(F)(F)F)cc4c(N5C[C@H]6CC[C@@](C=C(F)F)(C5)N6)nc(OC[C@@]56CCCN5C[C@H](F)C6)nc4c3F)c12. The highest BCUT2D eigenvalue weighted by molar-refractivity contribution is 7.23. The smallest absolute Gasteiger partial charge is 0.417 e. The molecule has 17 heteroatoms. The fraction of sp³-hybridized carbons (Fsp3) is 0.441. The predicted octanol–water partition coefficient (Wildman–Crippen LogP) is 7.31. The van der Waals surface area contributed by atoms with Gasteiger partial charge in [-0.25, -0.2) is 13.2 Å². The number of piperazine rings is 1. The van der Waals surface area contributed by atoms with Crippen LogP contribution in [-0.4, -0.2) is 70.9 Å². The van der Waals surface area contributed by atoms with Crippen molar-refractivity contribution in [3.8, 4) is 23.2 Å². The number of ether oxygens (including phenoxy) is 1. The van der Waals surface area contributed by atoms with E-state index in [1.165, 1.54) is 4.90 Å². The molecule has 0 unspecified atom stereocenters. The number of anilines is 2. The van der Waals surface area contributed by atoms with E-state index in [4.69, 9.17) is 10.5 Å². The molecule has 2 aromatic carbocycles. The summed E-state index contributed by atoms with van der Waals surface area (Å²) in [6, 6.07) is 3.60. The van der Waals surface area contributed by atoms with Crippen molar-refractivity contribution in [3.05, 3.63) is 53.1 Å². The molecule has 8 rings (SSSR count). The van der Waals surface area contributed by atoms with Crippen LogP contribution < -0.4 is 20.7 Å². The van der Waals surface area contributed by atoms with Gasteiger partial charge in [0.2, 0.25) is 0 Å². The average molecular weight is 736 g/mol. The first-order valence-corrected chi connectivity index (χ1v) is 17.1. The molecule has 4 fully saturated rings. The molecule has 268 valence electrons. The van der Waals surface area contributed by atoms with Crippen LogP contribution in [0.4, 0.5) is 45.9 Å². The van der Waals surface area contributed by atoms with Crippen molar-refractivity contribution < 1.29 is 39.9 Å². The molecular weight excluding hydrogens is 706 g/mol. The molecular formula is C34H29F8N7OS. The summed E-state index contributed by atoms with van der Waals surface area (Å²) in [5, 5.41) is 12.2. The highest BCUT2D eigenvalue weighted by atomic mass is 32.1. The Morgan fingerprint density at radius 3 is 2.75 bits per heavy atom. The lowest BCUT2D eigenvalue weighted by Gasteiger charge is -2.40. The van der Waals surface area contributed by atoms with Gasteiger partial charge in [0.15, 0.2) is 5.82 Å². The monoisotopic (exact) mass is 735 g/mol. The molecule has 6 heterocycles. The zero-order valence-corrected chi connectivity index (χ0v) is 27.5. The third kappa shape index (κ3) is 5.53. The van der Waals surface area contributed by atoms with Crippen molar-refractivity contribution in [3.63, 3.8) is 0 Å². The number of thiophene rings is 1. The summed E-state index contributed by atoms with van der Waals surface area (Å²) in [5.74, 6) is -2.46. The van der Waals surface area contributed by atoms with Crippen LogP contribution >= 0.6 is 11.3 Å². The maximum atomic E-state index is 17.1. The van der Waals surface area contributed by atoms with Gasteiger partial charge < -0.3 is 20.7 Å². The molecule has 0 spiro atoms. The molecule has 4 aromatic rings. The first-order valence-electron chi connectivity index (χ1n) is 16.3. The standard InChI is InChI=1S/C34H29F8N7OS/c35-16-9-33(5-1-7-49(33)12-16)15-50-31-45-27-19(30(46-31)48-13-17-4-6-32(14-48,47-17)10-23(37)38)8-21(34(40,41)42)25(26(27)39)18-2-3-22(36)28-24(18)20(11-43)29(44)51-28/h2-3,8,10,16-17,47H,1,4-7,9,12-15,44H2/t16-,17-,32-,33+/m1/s1. The number of nitrogens with zero attached hydrogens (tertiary/aromatic N) is 5. The number of nitrogen functional groups attached to an aromatic ring is 1. The number of aromatic nitrogens is 2. The maximum Gasteiger partial charge on any atom is 0.417 e. The molecule has 0 amide bonds. The van der Waals surface area contributed by atoms with Gasteiger partial charge in [-0.2, -0.15) is 37.2 Å². The van der Waals surface area contributed by atoms with Crippen molar-refractivity contribution in [2.75, 3.05) is 43.4 Å². The second-order valence-corrected chi connectivity index (χ2v) is 14.9. The van der Waals surface area contributed by atoms with E-state index in [2.05, 4.69) is 15.3 Å². The molecule has 51 heavy (non-hydrogen) atoms. The van der Waals surface area contributed by atoms with Crippen LogP contribution in [0.15, 0.2) is 30.4 Å². The lowest BCUT2D eigenvalue weighted by molar-refractivity contribution is -0.137. The molecule has 4 aliphatic heterocycles. The summed E-state index contributed by atoms with van der Waals surface area (Å²) in [4.78, 5) is 12.3. The van der Waals surface area contributed by atoms with E-state index in [1.807, 2.05) is 4.90 Å². The summed E-state index contributed by atoms with van der Waals surface area (Å²) in [6.45, 7) is 0.822. The number of hydrogen-bond acceptors (Lipinski definition) is 9. The quantitative estimate of drug-likeness (QED) is 0.199. The van der Waals surface area contributed by atoms with Crippen LogP contribution in [0.3, 0.4) is 0 Å².